The number of alkyl carbamates (subject to hydrolysis) is 1. The van der Waals surface area contributed by atoms with Gasteiger partial charge in [-0.2, -0.15) is 0 Å². The Balaban J connectivity index is 0.972. The monoisotopic (exact) mass is 808 g/mol. The number of carbonyl (C=O) groups excluding carboxylic acids is 4. The molecule has 4 amide bonds. The van der Waals surface area contributed by atoms with Crippen molar-refractivity contribution in [3.8, 4) is 33.5 Å². The van der Waals surface area contributed by atoms with Crippen molar-refractivity contribution in [1.29, 1.82) is 0 Å². The van der Waals surface area contributed by atoms with Gasteiger partial charge in [-0.1, -0.05) is 43.2 Å². The largest absolute Gasteiger partial charge is 0.453 e. The van der Waals surface area contributed by atoms with Gasteiger partial charge < -0.3 is 35.1 Å². The summed E-state index contributed by atoms with van der Waals surface area (Å²) in [6.45, 7) is 1.17. The highest BCUT2D eigenvalue weighted by atomic mass is 16.5. The fraction of sp³-hybridized carbons (Fsp3) is 0.447. The van der Waals surface area contributed by atoms with E-state index in [0.717, 1.165) is 79.7 Å². The van der Waals surface area contributed by atoms with Crippen LogP contribution < -0.4 is 10.6 Å². The summed E-state index contributed by atoms with van der Waals surface area (Å²) >= 11 is 0. The van der Waals surface area contributed by atoms with Crippen molar-refractivity contribution in [3.63, 3.8) is 0 Å². The van der Waals surface area contributed by atoms with E-state index in [0.29, 0.717) is 19.5 Å². The van der Waals surface area contributed by atoms with E-state index >= 15 is 0 Å². The SMILES string of the molecule is COC(=O)NCC(=O)N1CCCC1c1nc2ccc(-c3ccc(-c4ccc(-c5cnc([C@@H]6CCCN6C(=O)CNC=O)[nH]5)c5c4CCC5)c4c3C3(CCCC3)CC4)cc2[nH]1. The van der Waals surface area contributed by atoms with Crippen LogP contribution in [0.25, 0.3) is 44.5 Å². The molecule has 13 nitrogen and oxygen atoms in total. The minimum absolute atomic E-state index is 0.000809. The zero-order valence-electron chi connectivity index (χ0n) is 34.2. The van der Waals surface area contributed by atoms with Crippen LogP contribution >= 0.6 is 0 Å². The fourth-order valence-corrected chi connectivity index (χ4v) is 11.5. The summed E-state index contributed by atoms with van der Waals surface area (Å²) in [5.41, 5.74) is 15.3. The molecule has 1 spiro atoms. The molecule has 60 heavy (non-hydrogen) atoms. The van der Waals surface area contributed by atoms with Crippen LogP contribution in [-0.4, -0.2) is 87.3 Å². The maximum absolute atomic E-state index is 13.1. The molecule has 4 heterocycles. The van der Waals surface area contributed by atoms with Crippen LogP contribution in [0.3, 0.4) is 0 Å². The standard InChI is InChI=1S/C47H52N8O5/c1-60-46(59)50-26-42(58)55-22-6-10-40(55)45-51-36-16-11-28(23-37(36)52-45)29-12-13-33(35-17-20-47(43(29)35)18-2-3-19-47)32-14-15-34(31-8-4-7-30(31)32)38-24-49-44(53-38)39-9-5-21-54(39)41(57)25-48-27-56/h11-16,23-24,27,39-40H,2-10,17-22,25-26H2,1H3,(H,48,56)(H,49,53)(H,50,59)(H,51,52)/t39-,40?/m0/s1. The Morgan fingerprint density at radius 3 is 2.22 bits per heavy atom. The smallest absolute Gasteiger partial charge is 0.407 e. The normalized spacial score (nSPS) is 20.2. The average Bonchev–Trinajstić information content (AvgIpc) is 4.12. The summed E-state index contributed by atoms with van der Waals surface area (Å²) in [6.07, 6.45) is 15.7. The zero-order chi connectivity index (χ0) is 41.0. The number of nitrogens with one attached hydrogen (secondary N) is 4. The zero-order valence-corrected chi connectivity index (χ0v) is 34.2. The Hall–Kier alpha value is -5.98. The molecule has 13 heteroatoms. The highest BCUT2D eigenvalue weighted by molar-refractivity contribution is 5.88. The van der Waals surface area contributed by atoms with Gasteiger partial charge in [0.1, 0.15) is 18.2 Å². The highest BCUT2D eigenvalue weighted by Crippen LogP contribution is 2.56. The lowest BCUT2D eigenvalue weighted by molar-refractivity contribution is -0.132. The van der Waals surface area contributed by atoms with Gasteiger partial charge in [-0.25, -0.2) is 14.8 Å². The van der Waals surface area contributed by atoms with Crippen molar-refractivity contribution in [2.75, 3.05) is 33.3 Å². The molecular weight excluding hydrogens is 757 g/mol. The number of imidazole rings is 2. The second-order valence-corrected chi connectivity index (χ2v) is 17.3. The number of nitrogens with zero attached hydrogens (tertiary/aromatic N) is 4. The number of aromatic nitrogens is 4. The first-order chi connectivity index (χ1) is 29.4. The summed E-state index contributed by atoms with van der Waals surface area (Å²) < 4.78 is 4.66. The van der Waals surface area contributed by atoms with Crippen LogP contribution in [0, 0.1) is 0 Å². The van der Waals surface area contributed by atoms with Crippen molar-refractivity contribution in [1.82, 2.24) is 40.4 Å². The van der Waals surface area contributed by atoms with Crippen LogP contribution in [0.4, 0.5) is 4.79 Å². The minimum atomic E-state index is -0.619. The van der Waals surface area contributed by atoms with Gasteiger partial charge in [-0.15, -0.1) is 0 Å². The van der Waals surface area contributed by atoms with Gasteiger partial charge in [0.25, 0.3) is 0 Å². The Labute approximate surface area is 349 Å². The fourth-order valence-electron chi connectivity index (χ4n) is 11.5. The van der Waals surface area contributed by atoms with Crippen molar-refractivity contribution in [3.05, 3.63) is 82.6 Å². The van der Waals surface area contributed by atoms with Gasteiger partial charge in [0, 0.05) is 18.7 Å². The maximum Gasteiger partial charge on any atom is 0.407 e. The van der Waals surface area contributed by atoms with Crippen molar-refractivity contribution < 1.29 is 23.9 Å². The third kappa shape index (κ3) is 6.53. The maximum atomic E-state index is 13.1. The predicted octanol–water partition coefficient (Wildman–Crippen LogP) is 6.96. The molecule has 2 aromatic heterocycles. The van der Waals surface area contributed by atoms with E-state index in [2.05, 4.69) is 67.8 Å². The number of aromatic amines is 2. The summed E-state index contributed by atoms with van der Waals surface area (Å²) in [5.74, 6) is 1.35. The van der Waals surface area contributed by atoms with E-state index in [1.165, 1.54) is 89.3 Å². The summed E-state index contributed by atoms with van der Waals surface area (Å²) in [6, 6.07) is 15.6. The summed E-state index contributed by atoms with van der Waals surface area (Å²) in [7, 11) is 1.29. The number of rotatable bonds is 10. The lowest BCUT2D eigenvalue weighted by Gasteiger charge is -2.28. The van der Waals surface area contributed by atoms with Crippen molar-refractivity contribution >= 4 is 35.4 Å². The van der Waals surface area contributed by atoms with Gasteiger partial charge in [-0.05, 0) is 133 Å². The third-order valence-corrected chi connectivity index (χ3v) is 14.2. The molecule has 3 fully saturated rings. The summed E-state index contributed by atoms with van der Waals surface area (Å²) in [4.78, 5) is 69.1. The molecule has 10 rings (SSSR count). The molecule has 0 radical (unpaired) electrons. The molecule has 2 saturated heterocycles. The molecule has 0 bridgehead atoms. The van der Waals surface area contributed by atoms with Crippen LogP contribution in [0.1, 0.15) is 110 Å². The number of likely N-dealkylation sites (tertiary alicyclic amines) is 2. The molecule has 3 aliphatic carbocycles. The Bertz CT molecular complexity index is 2520. The van der Waals surface area contributed by atoms with E-state index < -0.39 is 6.09 Å². The molecule has 4 N–H and O–H groups in total. The minimum Gasteiger partial charge on any atom is -0.453 e. The second kappa shape index (κ2) is 15.6. The number of amides is 4. The number of ether oxygens (including phenoxy) is 1. The lowest BCUT2D eigenvalue weighted by Crippen LogP contribution is -2.40. The van der Waals surface area contributed by atoms with E-state index in [1.807, 2.05) is 16.0 Å². The number of H-pyrrole nitrogens is 2. The average molecular weight is 809 g/mol. The number of hydrogen-bond acceptors (Lipinski definition) is 7. The van der Waals surface area contributed by atoms with E-state index in [9.17, 15) is 19.2 Å². The Morgan fingerprint density at radius 1 is 0.783 bits per heavy atom. The molecule has 2 atom stereocenters. The lowest BCUT2D eigenvalue weighted by atomic mass is 9.76. The Kier molecular flexibility index (Phi) is 9.92. The molecule has 1 unspecified atom stereocenters. The number of methoxy groups -OCH3 is 1. The first kappa shape index (κ1) is 38.2. The number of fused-ring (bicyclic) bond motifs is 4. The number of carbonyl (C=O) groups is 4. The molecule has 1 saturated carbocycles. The van der Waals surface area contributed by atoms with Gasteiger partial charge in [0.2, 0.25) is 18.2 Å². The van der Waals surface area contributed by atoms with Crippen LogP contribution in [-0.2, 0) is 43.8 Å². The predicted molar refractivity (Wildman–Crippen MR) is 227 cm³/mol. The van der Waals surface area contributed by atoms with E-state index in [4.69, 9.17) is 9.97 Å². The van der Waals surface area contributed by atoms with Gasteiger partial charge in [0.05, 0.1) is 48.7 Å². The van der Waals surface area contributed by atoms with Gasteiger partial charge in [0.15, 0.2) is 0 Å². The molecule has 5 aliphatic rings. The van der Waals surface area contributed by atoms with E-state index in [1.54, 1.807) is 0 Å². The molecule has 3 aromatic carbocycles. The highest BCUT2D eigenvalue weighted by Gasteiger charge is 2.44. The Morgan fingerprint density at radius 2 is 1.47 bits per heavy atom. The molecule has 310 valence electrons. The van der Waals surface area contributed by atoms with Gasteiger partial charge >= 0.3 is 6.09 Å². The number of benzene rings is 3. The quantitative estimate of drug-likeness (QED) is 0.111. The molecule has 5 aromatic rings. The molecular formula is C47H52N8O5. The van der Waals surface area contributed by atoms with Crippen molar-refractivity contribution in [2.24, 2.45) is 0 Å². The first-order valence-electron chi connectivity index (χ1n) is 21.8. The van der Waals surface area contributed by atoms with Gasteiger partial charge in [-0.3, -0.25) is 14.4 Å². The molecule has 2 aliphatic heterocycles. The first-order valence-corrected chi connectivity index (χ1v) is 21.8. The topological polar surface area (TPSA) is 165 Å². The number of hydrogen-bond donors (Lipinski definition) is 4. The second-order valence-electron chi connectivity index (χ2n) is 17.3. The van der Waals surface area contributed by atoms with Crippen LogP contribution in [0.15, 0.2) is 48.7 Å². The van der Waals surface area contributed by atoms with Crippen LogP contribution in [0.5, 0.6) is 0 Å². The third-order valence-electron chi connectivity index (χ3n) is 14.2. The van der Waals surface area contributed by atoms with E-state index in [-0.39, 0.29) is 42.4 Å². The van der Waals surface area contributed by atoms with Crippen molar-refractivity contribution in [2.45, 2.75) is 101 Å². The summed E-state index contributed by atoms with van der Waals surface area (Å²) in [5, 5.41) is 5.04. The van der Waals surface area contributed by atoms with Crippen LogP contribution in [0.2, 0.25) is 0 Å².